The maximum Gasteiger partial charge on any atom is 0.236 e. The van der Waals surface area contributed by atoms with E-state index in [1.165, 1.54) is 11.3 Å². The predicted octanol–water partition coefficient (Wildman–Crippen LogP) is 1.54. The van der Waals surface area contributed by atoms with Gasteiger partial charge in [-0.2, -0.15) is 0 Å². The number of thiophene rings is 1. The van der Waals surface area contributed by atoms with Gasteiger partial charge in [0.05, 0.1) is 11.1 Å². The van der Waals surface area contributed by atoms with Gasteiger partial charge in [0.2, 0.25) is 5.91 Å². The number of carbonyl (C=O) groups excluding carboxylic acids is 1. The number of nitrogen functional groups attached to an aromatic ring is 2. The van der Waals surface area contributed by atoms with Crippen LogP contribution in [0.1, 0.15) is 42.3 Å². The van der Waals surface area contributed by atoms with Crippen LogP contribution in [0.25, 0.3) is 0 Å². The van der Waals surface area contributed by atoms with Gasteiger partial charge >= 0.3 is 0 Å². The first kappa shape index (κ1) is 24.8. The Hall–Kier alpha value is -2.89. The molecular formula is C25H36N8O2S. The molecule has 7 N–H and O–H groups in total. The lowest BCUT2D eigenvalue weighted by Gasteiger charge is -2.34. The van der Waals surface area contributed by atoms with Gasteiger partial charge in [0.25, 0.3) is 0 Å². The van der Waals surface area contributed by atoms with E-state index in [9.17, 15) is 4.79 Å². The molecule has 0 aromatic carbocycles. The van der Waals surface area contributed by atoms with E-state index >= 15 is 0 Å². The van der Waals surface area contributed by atoms with E-state index < -0.39 is 5.41 Å². The van der Waals surface area contributed by atoms with Crippen molar-refractivity contribution in [3.63, 3.8) is 0 Å². The first-order valence-corrected chi connectivity index (χ1v) is 13.5. The number of ether oxygens (including phenoxy) is 1. The monoisotopic (exact) mass is 512 g/mol. The highest BCUT2D eigenvalue weighted by molar-refractivity contribution is 7.16. The lowest BCUT2D eigenvalue weighted by molar-refractivity contribution is -0.125. The van der Waals surface area contributed by atoms with Crippen LogP contribution in [0.2, 0.25) is 0 Å². The average molecular weight is 513 g/mol. The Morgan fingerprint density at radius 2 is 2.08 bits per heavy atom. The summed E-state index contributed by atoms with van der Waals surface area (Å²) < 4.78 is 6.25. The molecule has 2 atom stereocenters. The van der Waals surface area contributed by atoms with Crippen LogP contribution in [0.3, 0.4) is 0 Å². The van der Waals surface area contributed by atoms with E-state index in [2.05, 4.69) is 27.5 Å². The summed E-state index contributed by atoms with van der Waals surface area (Å²) in [4.78, 5) is 23.9. The number of pyridine rings is 1. The van der Waals surface area contributed by atoms with Crippen molar-refractivity contribution < 1.29 is 9.53 Å². The quantitative estimate of drug-likeness (QED) is 0.300. The van der Waals surface area contributed by atoms with Crippen molar-refractivity contribution in [3.05, 3.63) is 28.3 Å². The van der Waals surface area contributed by atoms with E-state index in [1.807, 2.05) is 13.0 Å². The molecule has 0 spiro atoms. The van der Waals surface area contributed by atoms with E-state index in [0.29, 0.717) is 28.6 Å². The summed E-state index contributed by atoms with van der Waals surface area (Å²) in [5.74, 6) is 1.14. The molecule has 2 fully saturated rings. The zero-order chi connectivity index (χ0) is 25.4. The van der Waals surface area contributed by atoms with Gasteiger partial charge < -0.3 is 36.6 Å². The molecule has 2 aromatic heterocycles. The zero-order valence-electron chi connectivity index (χ0n) is 21.0. The van der Waals surface area contributed by atoms with Crippen LogP contribution in [0.4, 0.5) is 16.5 Å². The molecule has 0 radical (unpaired) electrons. The molecule has 2 saturated heterocycles. The minimum atomic E-state index is -0.845. The molecule has 194 valence electrons. The number of nitrogens with zero attached hydrogens (tertiary/aromatic N) is 3. The standard InChI is InChI=1S/C25H36N8O2S/c1-25(6-3-4-18-20(25)21(26)23(28)36-18)24(34)31-22(27)17-12-16(35-15-5-7-29-14-15)13-19(30-17)33-10-8-32(2)9-11-33/h12-13,15,29H,3-11,14,26,28H2,1-2H3,(H2,27,31,34)/t15-,25?/m0/s1. The molecule has 4 heterocycles. The number of fused-ring (bicyclic) bond motifs is 1. The van der Waals surface area contributed by atoms with Crippen molar-refractivity contribution in [3.8, 4) is 5.75 Å². The number of piperazine rings is 1. The molecule has 1 unspecified atom stereocenters. The highest BCUT2D eigenvalue weighted by Gasteiger charge is 2.43. The summed E-state index contributed by atoms with van der Waals surface area (Å²) in [6.07, 6.45) is 3.40. The Morgan fingerprint density at radius 3 is 2.81 bits per heavy atom. The molecule has 36 heavy (non-hydrogen) atoms. The van der Waals surface area contributed by atoms with Crippen molar-refractivity contribution in [2.45, 2.75) is 44.1 Å². The van der Waals surface area contributed by atoms with Crippen molar-refractivity contribution in [2.75, 3.05) is 62.7 Å². The smallest absolute Gasteiger partial charge is 0.236 e. The van der Waals surface area contributed by atoms with Gasteiger partial charge in [0, 0.05) is 55.3 Å². The van der Waals surface area contributed by atoms with Crippen molar-refractivity contribution in [2.24, 2.45) is 0 Å². The van der Waals surface area contributed by atoms with E-state index in [0.717, 1.165) is 74.8 Å². The van der Waals surface area contributed by atoms with Gasteiger partial charge in [0.15, 0.2) is 5.84 Å². The summed E-state index contributed by atoms with van der Waals surface area (Å²) in [5.41, 5.74) is 13.2. The van der Waals surface area contributed by atoms with Gasteiger partial charge in [0.1, 0.15) is 28.4 Å². The molecule has 2 aliphatic heterocycles. The van der Waals surface area contributed by atoms with Gasteiger partial charge in [-0.3, -0.25) is 10.2 Å². The number of hydrogen-bond donors (Lipinski definition) is 5. The number of aryl methyl sites for hydroxylation is 1. The first-order chi connectivity index (χ1) is 17.2. The molecule has 0 saturated carbocycles. The zero-order valence-corrected chi connectivity index (χ0v) is 21.8. The summed E-state index contributed by atoms with van der Waals surface area (Å²) in [6.45, 7) is 7.18. The Bertz CT molecular complexity index is 1150. The number of rotatable bonds is 5. The molecule has 0 bridgehead atoms. The number of aromatic nitrogens is 1. The second kappa shape index (κ2) is 9.87. The van der Waals surface area contributed by atoms with Crippen molar-refractivity contribution in [1.82, 2.24) is 20.5 Å². The molecule has 3 aliphatic rings. The lowest BCUT2D eigenvalue weighted by atomic mass is 9.72. The van der Waals surface area contributed by atoms with Gasteiger partial charge in [-0.15, -0.1) is 11.3 Å². The van der Waals surface area contributed by atoms with Crippen LogP contribution < -0.4 is 31.7 Å². The first-order valence-electron chi connectivity index (χ1n) is 12.6. The lowest BCUT2D eigenvalue weighted by Crippen LogP contribution is -2.47. The van der Waals surface area contributed by atoms with Crippen LogP contribution in [0.5, 0.6) is 5.75 Å². The fraction of sp³-hybridized carbons (Fsp3) is 0.560. The average Bonchev–Trinajstić information content (AvgIpc) is 3.47. The highest BCUT2D eigenvalue weighted by atomic mass is 32.1. The fourth-order valence-corrected chi connectivity index (χ4v) is 6.53. The van der Waals surface area contributed by atoms with Gasteiger partial charge in [-0.05, 0) is 46.2 Å². The number of hydrogen-bond acceptors (Lipinski definition) is 10. The number of nitrogens with two attached hydrogens (primary N) is 2. The predicted molar refractivity (Wildman–Crippen MR) is 144 cm³/mol. The maximum atomic E-state index is 13.6. The Balaban J connectivity index is 1.40. The molecule has 2 aromatic rings. The topological polar surface area (TPSA) is 146 Å². The second-order valence-corrected chi connectivity index (χ2v) is 11.4. The van der Waals surface area contributed by atoms with E-state index in [-0.39, 0.29) is 17.8 Å². The summed E-state index contributed by atoms with van der Waals surface area (Å²) in [6, 6.07) is 3.71. The van der Waals surface area contributed by atoms with Crippen molar-refractivity contribution >= 4 is 39.6 Å². The number of amidine groups is 1. The largest absolute Gasteiger partial charge is 0.489 e. The number of nitrogens with one attached hydrogen (secondary N) is 3. The van der Waals surface area contributed by atoms with Crippen LogP contribution in [-0.2, 0) is 16.6 Å². The number of likely N-dealkylation sites (N-methyl/N-ethyl adjacent to an activating group) is 1. The molecule has 10 nitrogen and oxygen atoms in total. The van der Waals surface area contributed by atoms with Gasteiger partial charge in [-0.1, -0.05) is 0 Å². The fourth-order valence-electron chi connectivity index (χ4n) is 5.37. The van der Waals surface area contributed by atoms with E-state index in [4.69, 9.17) is 26.6 Å². The molecule has 1 aliphatic carbocycles. The SMILES string of the molecule is CN1CCN(c2cc(O[C@H]3CCNC3)cc(C(=N)NC(=O)C3(C)CCCc4sc(N)c(N)c43)n2)CC1. The summed E-state index contributed by atoms with van der Waals surface area (Å²) in [7, 11) is 2.11. The molecule has 1 amide bonds. The van der Waals surface area contributed by atoms with E-state index in [1.54, 1.807) is 6.07 Å². The van der Waals surface area contributed by atoms with Crippen molar-refractivity contribution in [1.29, 1.82) is 5.41 Å². The number of anilines is 3. The van der Waals surface area contributed by atoms with Crippen LogP contribution in [-0.4, -0.2) is 74.0 Å². The Labute approximate surface area is 215 Å². The summed E-state index contributed by atoms with van der Waals surface area (Å²) in [5, 5.41) is 15.5. The maximum absolute atomic E-state index is 13.6. The minimum Gasteiger partial charge on any atom is -0.489 e. The van der Waals surface area contributed by atoms with Crippen LogP contribution >= 0.6 is 11.3 Å². The third-order valence-corrected chi connectivity index (χ3v) is 8.70. The highest BCUT2D eigenvalue weighted by Crippen LogP contribution is 2.47. The Kier molecular flexibility index (Phi) is 6.80. The second-order valence-electron chi connectivity index (χ2n) is 10.3. The van der Waals surface area contributed by atoms with Crippen LogP contribution in [0, 0.1) is 5.41 Å². The minimum absolute atomic E-state index is 0.0412. The third kappa shape index (κ3) is 4.74. The molecule has 5 rings (SSSR count). The Morgan fingerprint density at radius 1 is 1.31 bits per heavy atom. The summed E-state index contributed by atoms with van der Waals surface area (Å²) >= 11 is 1.46. The molecule has 11 heteroatoms. The normalized spacial score (nSPS) is 24.4. The third-order valence-electron chi connectivity index (χ3n) is 7.61. The number of amides is 1. The van der Waals surface area contributed by atoms with Crippen LogP contribution in [0.15, 0.2) is 12.1 Å². The number of carbonyl (C=O) groups is 1. The van der Waals surface area contributed by atoms with Gasteiger partial charge in [-0.25, -0.2) is 4.98 Å². The molecular weight excluding hydrogens is 476 g/mol.